The van der Waals surface area contributed by atoms with E-state index < -0.39 is 25.2 Å². The number of halogens is 7. The molecule has 59 heavy (non-hydrogen) atoms. The van der Waals surface area contributed by atoms with Crippen molar-refractivity contribution in [2.24, 2.45) is 10.8 Å². The molecule has 0 atom stereocenters. The smallest absolute Gasteiger partial charge is 0.254 e. The van der Waals surface area contributed by atoms with Crippen molar-refractivity contribution in [2.45, 2.75) is 88.6 Å². The first-order chi connectivity index (χ1) is 28.3. The second-order valence-electron chi connectivity index (χ2n) is 16.6. The molecule has 4 aliphatic heterocycles. The Bertz CT molecular complexity index is 2020. The highest BCUT2D eigenvalue weighted by Crippen LogP contribution is 2.41. The van der Waals surface area contributed by atoms with Crippen molar-refractivity contribution in [2.75, 3.05) is 68.1 Å². The fourth-order valence-corrected chi connectivity index (χ4v) is 7.97. The van der Waals surface area contributed by atoms with Gasteiger partial charge in [-0.3, -0.25) is 0 Å². The summed E-state index contributed by atoms with van der Waals surface area (Å²) in [6, 6.07) is 6.32. The number of anilines is 3. The Labute approximate surface area is 341 Å². The standard InChI is InChI=1S/C19H23F3N6O.C14H15ClF3N5.C5H9NO/c20-8-14-3-6-28(26-14)17-24-15(23-13-1-4-19(21,22)5-2-13)7-16(25-17)27-9-18(10-27)11-29-12-18;15-11-7-12(19-9-1-4-14(17,18)5-2-9)21-13(20-11)23-6-3-10(8-16)22-23;1-5(2-6-1)3-7-4-5/h3,6-7,13H,1-2,4-5,8-12H2,(H,23,24,25);3,6-7,9H,1-2,4-5,8H2,(H,19,20,21);6H,1-4H2. The van der Waals surface area contributed by atoms with Crippen molar-refractivity contribution in [3.63, 3.8) is 0 Å². The molecule has 2 spiro atoms. The first kappa shape index (κ1) is 41.5. The van der Waals surface area contributed by atoms with Crippen LogP contribution in [0.3, 0.4) is 0 Å². The maximum atomic E-state index is 13.5. The van der Waals surface area contributed by atoms with Crippen LogP contribution in [0.1, 0.15) is 62.8 Å². The lowest BCUT2D eigenvalue weighted by Crippen LogP contribution is -2.66. The molecule has 2 saturated carbocycles. The molecule has 3 N–H and O–H groups in total. The molecule has 0 bridgehead atoms. The Morgan fingerprint density at radius 3 is 1.54 bits per heavy atom. The Kier molecular flexibility index (Phi) is 12.0. The second kappa shape index (κ2) is 17.0. The fraction of sp³-hybridized carbons (Fsp3) is 0.632. The number of nitrogens with one attached hydrogen (secondary N) is 3. The normalized spacial score (nSPS) is 22.4. The minimum Gasteiger partial charge on any atom is -0.380 e. The largest absolute Gasteiger partial charge is 0.380 e. The van der Waals surface area contributed by atoms with Crippen molar-refractivity contribution in [1.82, 2.24) is 44.8 Å². The van der Waals surface area contributed by atoms with Gasteiger partial charge in [-0.25, -0.2) is 35.7 Å². The summed E-state index contributed by atoms with van der Waals surface area (Å²) in [5, 5.41) is 17.9. The third kappa shape index (κ3) is 10.0. The van der Waals surface area contributed by atoms with Crippen LogP contribution in [-0.4, -0.2) is 116 Å². The van der Waals surface area contributed by atoms with E-state index in [1.54, 1.807) is 12.3 Å². The molecule has 6 fully saturated rings. The number of rotatable bonds is 9. The molecule has 14 nitrogen and oxygen atoms in total. The molecule has 0 amide bonds. The summed E-state index contributed by atoms with van der Waals surface area (Å²) in [5.74, 6) is -2.87. The Morgan fingerprint density at radius 1 is 0.678 bits per heavy atom. The average Bonchev–Trinajstić information content (AvgIpc) is 3.82. The summed E-state index contributed by atoms with van der Waals surface area (Å²) in [6.45, 7) is 6.27. The van der Waals surface area contributed by atoms with Gasteiger partial charge in [0, 0.05) is 93.9 Å². The van der Waals surface area contributed by atoms with Crippen molar-refractivity contribution >= 4 is 29.1 Å². The van der Waals surface area contributed by atoms with Crippen LogP contribution in [0.2, 0.25) is 5.15 Å². The Morgan fingerprint density at radius 2 is 1.15 bits per heavy atom. The van der Waals surface area contributed by atoms with Gasteiger partial charge < -0.3 is 30.3 Å². The molecule has 21 heteroatoms. The van der Waals surface area contributed by atoms with E-state index >= 15 is 0 Å². The van der Waals surface area contributed by atoms with Crippen LogP contribution in [0.15, 0.2) is 36.7 Å². The molecule has 320 valence electrons. The molecule has 0 unspecified atom stereocenters. The predicted molar refractivity (Wildman–Crippen MR) is 206 cm³/mol. The predicted octanol–water partition coefficient (Wildman–Crippen LogP) is 6.34. The number of aromatic nitrogens is 8. The Balaban J connectivity index is 0.000000143. The number of alkyl halides is 6. The summed E-state index contributed by atoms with van der Waals surface area (Å²) in [6.07, 6.45) is 4.12. The van der Waals surface area contributed by atoms with E-state index in [-0.39, 0.29) is 60.0 Å². The summed E-state index contributed by atoms with van der Waals surface area (Å²) in [4.78, 5) is 19.6. The highest BCUT2D eigenvalue weighted by atomic mass is 35.5. The second-order valence-corrected chi connectivity index (χ2v) is 16.9. The summed E-state index contributed by atoms with van der Waals surface area (Å²) in [5.41, 5.74) is 1.40. The Hall–Kier alpha value is -4.27. The first-order valence-electron chi connectivity index (χ1n) is 19.9. The SMILES string of the molecule is C1NCC12COC2.FCc1ccn(-c2nc(Cl)cc(NC3CCC(F)(F)CC3)n2)n1.FCc1ccn(-c2nc(NC3CCC(F)(F)CC3)cc(N3CC4(COC4)C3)n2)n1. The van der Waals surface area contributed by atoms with E-state index in [9.17, 15) is 26.3 Å². The molecule has 0 aromatic carbocycles. The van der Waals surface area contributed by atoms with Crippen LogP contribution in [0.5, 0.6) is 0 Å². The molecule has 8 heterocycles. The molecule has 4 aromatic rings. The summed E-state index contributed by atoms with van der Waals surface area (Å²) < 4.78 is 91.9. The van der Waals surface area contributed by atoms with Crippen molar-refractivity contribution < 1.29 is 35.8 Å². The molecule has 10 rings (SSSR count). The third-order valence-corrected chi connectivity index (χ3v) is 11.7. The fourth-order valence-electron chi connectivity index (χ4n) is 7.79. The number of hydrogen-bond acceptors (Lipinski definition) is 12. The summed E-state index contributed by atoms with van der Waals surface area (Å²) in [7, 11) is 0. The molecular weight excluding hydrogens is 806 g/mol. The van der Waals surface area contributed by atoms with Gasteiger partial charge in [0.05, 0.1) is 43.2 Å². The molecular formula is C38H47ClF6N12O2. The first-order valence-corrected chi connectivity index (χ1v) is 20.2. The van der Waals surface area contributed by atoms with Crippen LogP contribution >= 0.6 is 11.6 Å². The quantitative estimate of drug-likeness (QED) is 0.128. The number of hydrogen-bond donors (Lipinski definition) is 3. The van der Waals surface area contributed by atoms with E-state index in [4.69, 9.17) is 21.1 Å². The number of nitrogens with zero attached hydrogens (tertiary/aromatic N) is 9. The lowest BCUT2D eigenvalue weighted by atomic mass is 9.78. The highest BCUT2D eigenvalue weighted by molar-refractivity contribution is 6.29. The zero-order valence-electron chi connectivity index (χ0n) is 32.3. The monoisotopic (exact) mass is 852 g/mol. The van der Waals surface area contributed by atoms with Crippen molar-refractivity contribution in [1.29, 1.82) is 0 Å². The lowest BCUT2D eigenvalue weighted by Gasteiger charge is -2.55. The van der Waals surface area contributed by atoms with Gasteiger partial charge in [0.25, 0.3) is 11.9 Å². The van der Waals surface area contributed by atoms with Crippen LogP contribution < -0.4 is 20.9 Å². The van der Waals surface area contributed by atoms with Crippen LogP contribution in [0.4, 0.5) is 43.8 Å². The maximum absolute atomic E-state index is 13.5. The zero-order chi connectivity index (χ0) is 41.3. The van der Waals surface area contributed by atoms with Gasteiger partial charge in [-0.1, -0.05) is 11.6 Å². The summed E-state index contributed by atoms with van der Waals surface area (Å²) >= 11 is 5.98. The van der Waals surface area contributed by atoms with Crippen LogP contribution in [0, 0.1) is 10.8 Å². The topological polar surface area (TPSA) is 145 Å². The van der Waals surface area contributed by atoms with Crippen LogP contribution in [0.25, 0.3) is 11.9 Å². The zero-order valence-corrected chi connectivity index (χ0v) is 33.1. The van der Waals surface area contributed by atoms with Gasteiger partial charge in [0.15, 0.2) is 0 Å². The van der Waals surface area contributed by atoms with E-state index in [1.807, 2.05) is 6.07 Å². The van der Waals surface area contributed by atoms with E-state index in [0.29, 0.717) is 54.4 Å². The molecule has 4 saturated heterocycles. The van der Waals surface area contributed by atoms with Crippen LogP contribution in [-0.2, 0) is 22.8 Å². The van der Waals surface area contributed by atoms with Gasteiger partial charge in [-0.15, -0.1) is 0 Å². The van der Waals surface area contributed by atoms with E-state index in [0.717, 1.165) is 45.3 Å². The molecule has 2 aliphatic carbocycles. The lowest BCUT2D eigenvalue weighted by molar-refractivity contribution is -0.139. The van der Waals surface area contributed by atoms with Crippen molar-refractivity contribution in [3.05, 3.63) is 53.2 Å². The minimum absolute atomic E-state index is 0.0629. The van der Waals surface area contributed by atoms with E-state index in [2.05, 4.69) is 51.0 Å². The molecule has 0 radical (unpaired) electrons. The van der Waals surface area contributed by atoms with Crippen molar-refractivity contribution in [3.8, 4) is 11.9 Å². The van der Waals surface area contributed by atoms with Gasteiger partial charge in [0.2, 0.25) is 11.8 Å². The van der Waals surface area contributed by atoms with Gasteiger partial charge in [-0.05, 0) is 37.8 Å². The van der Waals surface area contributed by atoms with Gasteiger partial charge in [-0.2, -0.15) is 30.1 Å². The minimum atomic E-state index is -2.58. The van der Waals surface area contributed by atoms with Gasteiger partial charge in [0.1, 0.15) is 36.0 Å². The molecule has 4 aromatic heterocycles. The maximum Gasteiger partial charge on any atom is 0.254 e. The van der Waals surface area contributed by atoms with Gasteiger partial charge >= 0.3 is 0 Å². The molecule has 6 aliphatic rings. The highest BCUT2D eigenvalue weighted by Gasteiger charge is 2.49. The number of ether oxygens (including phenoxy) is 2. The van der Waals surface area contributed by atoms with E-state index in [1.165, 1.54) is 40.8 Å². The third-order valence-electron chi connectivity index (χ3n) is 11.5. The average molecular weight is 853 g/mol.